The predicted octanol–water partition coefficient (Wildman–Crippen LogP) is 2.38. The monoisotopic (exact) mass is 206 g/mol. The van der Waals surface area contributed by atoms with Gasteiger partial charge in [-0.1, -0.05) is 44.2 Å². The Bertz CT molecular complexity index is 306. The number of hydrogen-bond donors (Lipinski definition) is 1. The van der Waals surface area contributed by atoms with Crippen molar-refractivity contribution >= 4 is 5.78 Å². The molecular formula is C13H18O2. The van der Waals surface area contributed by atoms with Crippen molar-refractivity contribution in [3.63, 3.8) is 0 Å². The van der Waals surface area contributed by atoms with Crippen molar-refractivity contribution in [1.29, 1.82) is 0 Å². The zero-order chi connectivity index (χ0) is 11.3. The summed E-state index contributed by atoms with van der Waals surface area (Å²) in [5.41, 5.74) is 1.05. The maximum atomic E-state index is 11.9. The minimum absolute atomic E-state index is 0.0673. The second-order valence-corrected chi connectivity index (χ2v) is 3.86. The first-order valence-corrected chi connectivity index (χ1v) is 5.40. The van der Waals surface area contributed by atoms with Gasteiger partial charge in [0.15, 0.2) is 0 Å². The van der Waals surface area contributed by atoms with Crippen molar-refractivity contribution in [1.82, 2.24) is 0 Å². The minimum atomic E-state index is -0.268. The van der Waals surface area contributed by atoms with Crippen LogP contribution in [0.2, 0.25) is 0 Å². The van der Waals surface area contributed by atoms with Crippen molar-refractivity contribution in [3.05, 3.63) is 35.9 Å². The van der Waals surface area contributed by atoms with E-state index < -0.39 is 0 Å². The molecule has 0 aromatic heterocycles. The summed E-state index contributed by atoms with van der Waals surface area (Å²) in [7, 11) is 0. The number of aliphatic hydroxyl groups is 1. The van der Waals surface area contributed by atoms with Gasteiger partial charge in [-0.2, -0.15) is 0 Å². The van der Waals surface area contributed by atoms with Crippen LogP contribution in [0.25, 0.3) is 0 Å². The van der Waals surface area contributed by atoms with Crippen molar-refractivity contribution in [2.45, 2.75) is 26.2 Å². The van der Waals surface area contributed by atoms with Crippen LogP contribution in [0.1, 0.15) is 31.7 Å². The molecule has 0 radical (unpaired) electrons. The van der Waals surface area contributed by atoms with Gasteiger partial charge in [0.25, 0.3) is 0 Å². The molecule has 15 heavy (non-hydrogen) atoms. The molecule has 0 saturated carbocycles. The number of rotatable bonds is 5. The van der Waals surface area contributed by atoms with Crippen molar-refractivity contribution < 1.29 is 9.90 Å². The topological polar surface area (TPSA) is 37.3 Å². The standard InChI is InChI=1S/C13H18O2/c1-3-12(13(15)10(2)9-14)11-7-5-4-6-8-11/h4-8,10,12,14H,3,9H2,1-2H3/t10-,12+/m0/s1. The summed E-state index contributed by atoms with van der Waals surface area (Å²) in [6.45, 7) is 3.70. The molecule has 1 rings (SSSR count). The molecule has 0 bridgehead atoms. The molecule has 0 aliphatic carbocycles. The molecule has 0 amide bonds. The summed E-state index contributed by atoms with van der Waals surface area (Å²) in [5, 5.41) is 8.98. The Kier molecular flexibility index (Phi) is 4.50. The molecule has 82 valence electrons. The van der Waals surface area contributed by atoms with Crippen LogP contribution in [0.4, 0.5) is 0 Å². The Morgan fingerprint density at radius 2 is 1.93 bits per heavy atom. The fraction of sp³-hybridized carbons (Fsp3) is 0.462. The second-order valence-electron chi connectivity index (χ2n) is 3.86. The summed E-state index contributed by atoms with van der Waals surface area (Å²) >= 11 is 0. The van der Waals surface area contributed by atoms with Crippen molar-refractivity contribution in [2.24, 2.45) is 5.92 Å². The first kappa shape index (κ1) is 11.9. The normalized spacial score (nSPS) is 14.6. The predicted molar refractivity (Wildman–Crippen MR) is 60.7 cm³/mol. The highest BCUT2D eigenvalue weighted by molar-refractivity contribution is 5.87. The smallest absolute Gasteiger partial charge is 0.145 e. The van der Waals surface area contributed by atoms with E-state index in [1.54, 1.807) is 6.92 Å². The van der Waals surface area contributed by atoms with E-state index in [0.29, 0.717) is 0 Å². The minimum Gasteiger partial charge on any atom is -0.396 e. The van der Waals surface area contributed by atoms with Crippen molar-refractivity contribution in [2.75, 3.05) is 6.61 Å². The van der Waals surface area contributed by atoms with E-state index >= 15 is 0 Å². The van der Waals surface area contributed by atoms with E-state index in [-0.39, 0.29) is 24.2 Å². The third-order valence-corrected chi connectivity index (χ3v) is 2.71. The molecular weight excluding hydrogens is 188 g/mol. The summed E-state index contributed by atoms with van der Waals surface area (Å²) < 4.78 is 0. The third-order valence-electron chi connectivity index (χ3n) is 2.71. The summed E-state index contributed by atoms with van der Waals surface area (Å²) in [6, 6.07) is 9.76. The van der Waals surface area contributed by atoms with E-state index in [0.717, 1.165) is 12.0 Å². The number of Topliss-reactive ketones (excluding diaryl/α,β-unsaturated/α-hetero) is 1. The zero-order valence-electron chi connectivity index (χ0n) is 9.31. The highest BCUT2D eigenvalue weighted by Crippen LogP contribution is 2.23. The SMILES string of the molecule is CC[C@@H](C(=O)[C@@H](C)CO)c1ccccc1. The molecule has 1 aromatic rings. The number of hydrogen-bond acceptors (Lipinski definition) is 2. The first-order valence-electron chi connectivity index (χ1n) is 5.40. The quantitative estimate of drug-likeness (QED) is 0.803. The van der Waals surface area contributed by atoms with Crippen LogP contribution in [-0.4, -0.2) is 17.5 Å². The molecule has 0 heterocycles. The largest absolute Gasteiger partial charge is 0.396 e. The maximum Gasteiger partial charge on any atom is 0.145 e. The molecule has 2 heteroatoms. The lowest BCUT2D eigenvalue weighted by Gasteiger charge is -2.17. The lowest BCUT2D eigenvalue weighted by atomic mass is 9.86. The van der Waals surface area contributed by atoms with Gasteiger partial charge in [-0.15, -0.1) is 0 Å². The number of aliphatic hydroxyl groups excluding tert-OH is 1. The van der Waals surface area contributed by atoms with Crippen LogP contribution in [-0.2, 0) is 4.79 Å². The molecule has 0 saturated heterocycles. The van der Waals surface area contributed by atoms with Crippen LogP contribution in [0.5, 0.6) is 0 Å². The molecule has 2 atom stereocenters. The molecule has 0 fully saturated rings. The van der Waals surface area contributed by atoms with Gasteiger partial charge in [-0.3, -0.25) is 4.79 Å². The van der Waals surface area contributed by atoms with Gasteiger partial charge in [0.05, 0.1) is 6.61 Å². The molecule has 1 N–H and O–H groups in total. The van der Waals surface area contributed by atoms with Gasteiger partial charge in [0, 0.05) is 11.8 Å². The molecule has 0 aliphatic rings. The Morgan fingerprint density at radius 3 is 2.40 bits per heavy atom. The molecule has 2 nitrogen and oxygen atoms in total. The molecule has 0 aliphatic heterocycles. The van der Waals surface area contributed by atoms with Gasteiger partial charge < -0.3 is 5.11 Å². The number of benzene rings is 1. The number of carbonyl (C=O) groups is 1. The molecule has 0 spiro atoms. The molecule has 1 aromatic carbocycles. The third kappa shape index (κ3) is 2.90. The summed E-state index contributed by atoms with van der Waals surface area (Å²) in [4.78, 5) is 11.9. The maximum absolute atomic E-state index is 11.9. The van der Waals surface area contributed by atoms with Gasteiger partial charge in [0.2, 0.25) is 0 Å². The average molecular weight is 206 g/mol. The van der Waals surface area contributed by atoms with E-state index in [1.165, 1.54) is 0 Å². The average Bonchev–Trinajstić information content (AvgIpc) is 2.30. The highest BCUT2D eigenvalue weighted by Gasteiger charge is 2.22. The van der Waals surface area contributed by atoms with Gasteiger partial charge in [-0.05, 0) is 12.0 Å². The van der Waals surface area contributed by atoms with Crippen LogP contribution >= 0.6 is 0 Å². The summed E-state index contributed by atoms with van der Waals surface area (Å²) in [5.74, 6) is -0.213. The van der Waals surface area contributed by atoms with Crippen molar-refractivity contribution in [3.8, 4) is 0 Å². The summed E-state index contributed by atoms with van der Waals surface area (Å²) in [6.07, 6.45) is 0.785. The zero-order valence-corrected chi connectivity index (χ0v) is 9.31. The van der Waals surface area contributed by atoms with Crippen LogP contribution < -0.4 is 0 Å². The van der Waals surface area contributed by atoms with E-state index in [4.69, 9.17) is 5.11 Å². The fourth-order valence-corrected chi connectivity index (χ4v) is 1.72. The number of ketones is 1. The van der Waals surface area contributed by atoms with E-state index in [1.807, 2.05) is 37.3 Å². The van der Waals surface area contributed by atoms with Crippen LogP contribution in [0.15, 0.2) is 30.3 Å². The van der Waals surface area contributed by atoms with E-state index in [9.17, 15) is 4.79 Å². The van der Waals surface area contributed by atoms with Gasteiger partial charge >= 0.3 is 0 Å². The first-order chi connectivity index (χ1) is 7.20. The van der Waals surface area contributed by atoms with Crippen LogP contribution in [0, 0.1) is 5.92 Å². The Hall–Kier alpha value is -1.15. The van der Waals surface area contributed by atoms with Gasteiger partial charge in [-0.25, -0.2) is 0 Å². The fourth-order valence-electron chi connectivity index (χ4n) is 1.72. The lowest BCUT2D eigenvalue weighted by molar-refractivity contribution is -0.125. The lowest BCUT2D eigenvalue weighted by Crippen LogP contribution is -2.22. The highest BCUT2D eigenvalue weighted by atomic mass is 16.3. The Morgan fingerprint density at radius 1 is 1.33 bits per heavy atom. The Labute approximate surface area is 90.9 Å². The molecule has 0 unspecified atom stereocenters. The second kappa shape index (κ2) is 5.66. The van der Waals surface area contributed by atoms with Crippen LogP contribution in [0.3, 0.4) is 0 Å². The Balaban J connectivity index is 2.85. The van der Waals surface area contributed by atoms with Gasteiger partial charge in [0.1, 0.15) is 5.78 Å². The van der Waals surface area contributed by atoms with E-state index in [2.05, 4.69) is 0 Å². The number of carbonyl (C=O) groups excluding carboxylic acids is 1.